The highest BCUT2D eigenvalue weighted by Gasteiger charge is 2.45. The Bertz CT molecular complexity index is 1390. The van der Waals surface area contributed by atoms with Crippen molar-refractivity contribution in [3.8, 4) is 0 Å². The number of halogens is 2. The SMILES string of the molecule is CCCN1CN([C@H](c2n[nH]c(=O)o2)C(C)c2c(F)ccc(C)c2C)S(=O)(=O)c2ccc(Cl)cc21. The number of sulfonamides is 1. The Morgan fingerprint density at radius 1 is 1.26 bits per heavy atom. The first kappa shape index (κ1) is 24.4. The molecule has 0 fully saturated rings. The van der Waals surface area contributed by atoms with Gasteiger partial charge in [0.25, 0.3) is 0 Å². The number of aromatic amines is 1. The van der Waals surface area contributed by atoms with E-state index in [1.807, 2.05) is 18.7 Å². The highest BCUT2D eigenvalue weighted by molar-refractivity contribution is 7.89. The van der Waals surface area contributed by atoms with Crippen LogP contribution in [-0.2, 0) is 10.0 Å². The van der Waals surface area contributed by atoms with Gasteiger partial charge in [-0.15, -0.1) is 5.10 Å². The van der Waals surface area contributed by atoms with Crippen LogP contribution in [0.4, 0.5) is 10.1 Å². The van der Waals surface area contributed by atoms with Crippen molar-refractivity contribution in [2.24, 2.45) is 0 Å². The van der Waals surface area contributed by atoms with Crippen LogP contribution in [0.25, 0.3) is 0 Å². The van der Waals surface area contributed by atoms with Gasteiger partial charge < -0.3 is 9.32 Å². The molecule has 3 aromatic rings. The van der Waals surface area contributed by atoms with Crippen molar-refractivity contribution < 1.29 is 17.2 Å². The summed E-state index contributed by atoms with van der Waals surface area (Å²) in [5, 5.41) is 6.58. The third-order valence-corrected chi connectivity index (χ3v) is 8.43. The molecule has 34 heavy (non-hydrogen) atoms. The van der Waals surface area contributed by atoms with Gasteiger partial charge in [0.2, 0.25) is 15.9 Å². The first-order chi connectivity index (χ1) is 16.1. The van der Waals surface area contributed by atoms with Crippen LogP contribution < -0.4 is 10.7 Å². The summed E-state index contributed by atoms with van der Waals surface area (Å²) in [6, 6.07) is 6.55. The summed E-state index contributed by atoms with van der Waals surface area (Å²) in [6.45, 7) is 7.85. The summed E-state index contributed by atoms with van der Waals surface area (Å²) in [5.41, 5.74) is 2.40. The largest absolute Gasteiger partial charge is 0.434 e. The molecule has 0 saturated heterocycles. The molecular weight excluding hydrogens is 483 g/mol. The second kappa shape index (κ2) is 9.16. The normalized spacial score (nSPS) is 17.4. The van der Waals surface area contributed by atoms with E-state index in [4.69, 9.17) is 16.0 Å². The van der Waals surface area contributed by atoms with E-state index in [0.717, 1.165) is 12.0 Å². The zero-order valence-corrected chi connectivity index (χ0v) is 20.9. The van der Waals surface area contributed by atoms with Gasteiger partial charge in [-0.1, -0.05) is 31.5 Å². The summed E-state index contributed by atoms with van der Waals surface area (Å²) in [6.07, 6.45) is 0.753. The van der Waals surface area contributed by atoms with Gasteiger partial charge in [-0.05, 0) is 61.2 Å². The van der Waals surface area contributed by atoms with Crippen molar-refractivity contribution in [2.75, 3.05) is 18.1 Å². The number of rotatable bonds is 6. The minimum Gasteiger partial charge on any atom is -0.391 e. The minimum absolute atomic E-state index is 0.0401. The van der Waals surface area contributed by atoms with E-state index < -0.39 is 33.6 Å². The molecule has 1 aliphatic heterocycles. The number of anilines is 1. The van der Waals surface area contributed by atoms with E-state index in [1.165, 1.54) is 22.5 Å². The smallest absolute Gasteiger partial charge is 0.391 e. The molecule has 2 aromatic carbocycles. The number of nitrogens with one attached hydrogen (secondary N) is 1. The van der Waals surface area contributed by atoms with Crippen LogP contribution in [0.3, 0.4) is 0 Å². The van der Waals surface area contributed by atoms with Crippen molar-refractivity contribution in [3.05, 3.63) is 74.3 Å². The van der Waals surface area contributed by atoms with Gasteiger partial charge >= 0.3 is 5.76 Å². The van der Waals surface area contributed by atoms with Crippen LogP contribution in [0.2, 0.25) is 5.02 Å². The predicted molar refractivity (Wildman–Crippen MR) is 127 cm³/mol. The molecule has 0 radical (unpaired) electrons. The number of H-pyrrole nitrogens is 1. The molecule has 182 valence electrons. The van der Waals surface area contributed by atoms with Crippen LogP contribution in [0.5, 0.6) is 0 Å². The maximum absolute atomic E-state index is 15.1. The average molecular weight is 509 g/mol. The van der Waals surface area contributed by atoms with E-state index in [9.17, 15) is 13.2 Å². The van der Waals surface area contributed by atoms with Crippen LogP contribution in [0.15, 0.2) is 44.4 Å². The van der Waals surface area contributed by atoms with Crippen molar-refractivity contribution in [3.63, 3.8) is 0 Å². The standard InChI is InChI=1S/C23H26ClFN4O4S/c1-5-10-28-12-29(34(31,32)19-9-7-16(24)11-18(19)28)21(22-26-27-23(30)33-22)15(4)20-14(3)13(2)6-8-17(20)25/h6-9,11,15,21H,5,10,12H2,1-4H3,(H,27,30)/t15?,21-/m0/s1. The highest BCUT2D eigenvalue weighted by Crippen LogP contribution is 2.44. The highest BCUT2D eigenvalue weighted by atomic mass is 35.5. The topological polar surface area (TPSA) is 99.5 Å². The molecule has 0 bridgehead atoms. The lowest BCUT2D eigenvalue weighted by Gasteiger charge is -2.42. The van der Waals surface area contributed by atoms with Gasteiger partial charge in [0.05, 0.1) is 12.4 Å². The molecule has 0 spiro atoms. The molecule has 11 heteroatoms. The molecule has 2 heterocycles. The van der Waals surface area contributed by atoms with Crippen molar-refractivity contribution in [1.29, 1.82) is 0 Å². The fourth-order valence-electron chi connectivity index (χ4n) is 4.58. The number of fused-ring (bicyclic) bond motifs is 1. The van der Waals surface area contributed by atoms with Gasteiger partial charge in [0, 0.05) is 17.5 Å². The zero-order valence-electron chi connectivity index (χ0n) is 19.3. The van der Waals surface area contributed by atoms with E-state index in [1.54, 1.807) is 26.0 Å². The Morgan fingerprint density at radius 2 is 2.00 bits per heavy atom. The van der Waals surface area contributed by atoms with Crippen LogP contribution in [0, 0.1) is 19.7 Å². The molecule has 2 atom stereocenters. The summed E-state index contributed by atoms with van der Waals surface area (Å²) in [5.74, 6) is -2.14. The fourth-order valence-corrected chi connectivity index (χ4v) is 6.55. The van der Waals surface area contributed by atoms with Crippen LogP contribution in [-0.4, -0.2) is 36.1 Å². The van der Waals surface area contributed by atoms with Gasteiger partial charge in [-0.25, -0.2) is 22.7 Å². The Labute approximate surface area is 202 Å². The number of hydrogen-bond acceptors (Lipinski definition) is 6. The Balaban J connectivity index is 1.93. The fraction of sp³-hybridized carbons (Fsp3) is 0.391. The maximum Gasteiger partial charge on any atom is 0.434 e. The Kier molecular flexibility index (Phi) is 6.58. The van der Waals surface area contributed by atoms with Gasteiger partial charge in [-0.2, -0.15) is 4.31 Å². The number of aryl methyl sites for hydroxylation is 1. The number of hydrogen-bond donors (Lipinski definition) is 1. The molecule has 0 aliphatic carbocycles. The lowest BCUT2D eigenvalue weighted by molar-refractivity contribution is 0.234. The number of nitrogens with zero attached hydrogens (tertiary/aromatic N) is 3. The summed E-state index contributed by atoms with van der Waals surface area (Å²) in [7, 11) is -4.08. The molecule has 1 N–H and O–H groups in total. The van der Waals surface area contributed by atoms with E-state index in [2.05, 4.69) is 10.2 Å². The molecule has 1 aliphatic rings. The molecular formula is C23H26ClFN4O4S. The summed E-state index contributed by atoms with van der Waals surface area (Å²) >= 11 is 6.17. The first-order valence-electron chi connectivity index (χ1n) is 10.9. The van der Waals surface area contributed by atoms with Gasteiger partial charge in [0.1, 0.15) is 16.8 Å². The van der Waals surface area contributed by atoms with Crippen LogP contribution >= 0.6 is 11.6 Å². The van der Waals surface area contributed by atoms with Crippen molar-refractivity contribution >= 4 is 27.3 Å². The molecule has 8 nitrogen and oxygen atoms in total. The lowest BCUT2D eigenvalue weighted by atomic mass is 9.87. The first-order valence-corrected chi connectivity index (χ1v) is 12.7. The molecule has 0 saturated carbocycles. The third kappa shape index (κ3) is 4.14. The minimum atomic E-state index is -4.08. The van der Waals surface area contributed by atoms with Gasteiger partial charge in [-0.3, -0.25) is 0 Å². The van der Waals surface area contributed by atoms with Crippen molar-refractivity contribution in [2.45, 2.75) is 51.0 Å². The van der Waals surface area contributed by atoms with E-state index in [0.29, 0.717) is 28.4 Å². The van der Waals surface area contributed by atoms with E-state index in [-0.39, 0.29) is 17.5 Å². The van der Waals surface area contributed by atoms with Gasteiger partial charge in [0.15, 0.2) is 0 Å². The predicted octanol–water partition coefficient (Wildman–Crippen LogP) is 4.50. The number of aromatic nitrogens is 2. The third-order valence-electron chi connectivity index (χ3n) is 6.33. The van der Waals surface area contributed by atoms with E-state index >= 15 is 4.39 Å². The zero-order chi connectivity index (χ0) is 24.8. The molecule has 4 rings (SSSR count). The second-order valence-corrected chi connectivity index (χ2v) is 10.8. The second-order valence-electron chi connectivity index (χ2n) is 8.50. The van der Waals surface area contributed by atoms with Crippen molar-refractivity contribution in [1.82, 2.24) is 14.5 Å². The quantitative estimate of drug-likeness (QED) is 0.526. The monoisotopic (exact) mass is 508 g/mol. The maximum atomic E-state index is 15.1. The lowest BCUT2D eigenvalue weighted by Crippen LogP contribution is -2.49. The number of benzene rings is 2. The Morgan fingerprint density at radius 3 is 2.65 bits per heavy atom. The Hall–Kier alpha value is -2.69. The molecule has 0 amide bonds. The van der Waals surface area contributed by atoms with Crippen LogP contribution in [0.1, 0.15) is 54.8 Å². The molecule has 1 unspecified atom stereocenters. The summed E-state index contributed by atoms with van der Waals surface area (Å²) < 4.78 is 49.3. The summed E-state index contributed by atoms with van der Waals surface area (Å²) in [4.78, 5) is 13.8. The average Bonchev–Trinajstić information content (AvgIpc) is 3.20. The molecule has 1 aromatic heterocycles.